The minimum absolute atomic E-state index is 0.356. The lowest BCUT2D eigenvalue weighted by molar-refractivity contribution is -0.143. The number of carbonyl (C=O) groups is 1. The van der Waals surface area contributed by atoms with Crippen molar-refractivity contribution in [2.24, 2.45) is 5.73 Å². The predicted octanol–water partition coefficient (Wildman–Crippen LogP) is 2.25. The van der Waals surface area contributed by atoms with E-state index in [4.69, 9.17) is 10.5 Å². The molecule has 3 heteroatoms. The van der Waals surface area contributed by atoms with E-state index in [1.54, 1.807) is 0 Å². The van der Waals surface area contributed by atoms with Gasteiger partial charge in [0.15, 0.2) is 0 Å². The third-order valence-electron chi connectivity index (χ3n) is 4.26. The molecule has 2 aromatic rings. The van der Waals surface area contributed by atoms with Gasteiger partial charge in [0.05, 0.1) is 12.5 Å². The number of benzene rings is 2. The Bertz CT molecular complexity index is 584. The summed E-state index contributed by atoms with van der Waals surface area (Å²) in [5.74, 6) is -0.356. The predicted molar refractivity (Wildman–Crippen MR) is 77.2 cm³/mol. The van der Waals surface area contributed by atoms with Crippen LogP contribution in [0.15, 0.2) is 60.7 Å². The fourth-order valence-corrected chi connectivity index (χ4v) is 3.13. The van der Waals surface area contributed by atoms with Crippen LogP contribution in [0.25, 0.3) is 0 Å². The average molecular weight is 267 g/mol. The fourth-order valence-electron chi connectivity index (χ4n) is 3.13. The molecule has 1 aliphatic carbocycles. The molecule has 0 heterocycles. The molecule has 0 unspecified atom stereocenters. The van der Waals surface area contributed by atoms with Gasteiger partial charge in [-0.05, 0) is 17.5 Å². The quantitative estimate of drug-likeness (QED) is 0.868. The van der Waals surface area contributed by atoms with Gasteiger partial charge in [-0.15, -0.1) is 0 Å². The first-order chi connectivity index (χ1) is 9.65. The molecule has 1 fully saturated rings. The summed E-state index contributed by atoms with van der Waals surface area (Å²) in [6, 6.07) is 19.9. The van der Waals surface area contributed by atoms with Crippen molar-refractivity contribution in [2.45, 2.75) is 17.4 Å². The molecule has 0 amide bonds. The maximum absolute atomic E-state index is 12.1. The third kappa shape index (κ3) is 1.60. The molecule has 2 N–H and O–H groups in total. The van der Waals surface area contributed by atoms with Crippen LogP contribution >= 0.6 is 0 Å². The molecule has 20 heavy (non-hydrogen) atoms. The Kier molecular flexibility index (Phi) is 2.87. The van der Waals surface area contributed by atoms with Crippen LogP contribution in [0.4, 0.5) is 0 Å². The van der Waals surface area contributed by atoms with Crippen molar-refractivity contribution in [3.05, 3.63) is 71.8 Å². The van der Waals surface area contributed by atoms with Crippen molar-refractivity contribution < 1.29 is 9.53 Å². The molecule has 3 nitrogen and oxygen atoms in total. The van der Waals surface area contributed by atoms with Gasteiger partial charge in [0.1, 0.15) is 5.54 Å². The van der Waals surface area contributed by atoms with Gasteiger partial charge in [-0.1, -0.05) is 60.7 Å². The van der Waals surface area contributed by atoms with E-state index in [1.807, 2.05) is 60.7 Å². The molecule has 1 aliphatic rings. The van der Waals surface area contributed by atoms with E-state index in [0.717, 1.165) is 11.1 Å². The fraction of sp³-hybridized carbons (Fsp3) is 0.235. The molecule has 0 bridgehead atoms. The zero-order chi connectivity index (χ0) is 14.2. The number of methoxy groups -OCH3 is 1. The standard InChI is InChI=1S/C17H17NO2/c1-20-15(19)17(18)12-16(17,13-8-4-2-5-9-13)14-10-6-3-7-11-14/h2-11H,12,18H2,1H3/t17-/m0/s1. The Hall–Kier alpha value is -2.13. The summed E-state index contributed by atoms with van der Waals surface area (Å²) >= 11 is 0. The summed E-state index contributed by atoms with van der Waals surface area (Å²) in [4.78, 5) is 12.1. The molecular formula is C17H17NO2. The van der Waals surface area contributed by atoms with Crippen LogP contribution in [-0.4, -0.2) is 18.6 Å². The minimum atomic E-state index is -0.982. The van der Waals surface area contributed by atoms with Gasteiger partial charge in [-0.2, -0.15) is 0 Å². The number of ether oxygens (including phenoxy) is 1. The van der Waals surface area contributed by atoms with Crippen molar-refractivity contribution in [3.63, 3.8) is 0 Å². The second-order valence-electron chi connectivity index (χ2n) is 5.28. The minimum Gasteiger partial charge on any atom is -0.468 e. The van der Waals surface area contributed by atoms with E-state index in [0.29, 0.717) is 6.42 Å². The summed E-state index contributed by atoms with van der Waals surface area (Å²) in [5, 5.41) is 0. The number of nitrogens with two attached hydrogens (primary N) is 1. The summed E-state index contributed by atoms with van der Waals surface area (Å²) in [7, 11) is 1.38. The first kappa shape index (κ1) is 12.9. The van der Waals surface area contributed by atoms with Gasteiger partial charge in [0.2, 0.25) is 0 Å². The highest BCUT2D eigenvalue weighted by Gasteiger charge is 2.72. The van der Waals surface area contributed by atoms with Crippen LogP contribution in [0.1, 0.15) is 17.5 Å². The Morgan fingerprint density at radius 1 is 1.00 bits per heavy atom. The maximum atomic E-state index is 12.1. The lowest BCUT2D eigenvalue weighted by Crippen LogP contribution is -2.42. The lowest BCUT2D eigenvalue weighted by atomic mass is 9.84. The Labute approximate surface area is 118 Å². The van der Waals surface area contributed by atoms with Crippen LogP contribution in [0, 0.1) is 0 Å². The van der Waals surface area contributed by atoms with Gasteiger partial charge in [0.25, 0.3) is 0 Å². The van der Waals surface area contributed by atoms with E-state index in [1.165, 1.54) is 7.11 Å². The summed E-state index contributed by atoms with van der Waals surface area (Å²) in [5.41, 5.74) is 7.01. The SMILES string of the molecule is COC(=O)[C@@]1(N)CC1(c1ccccc1)c1ccccc1. The van der Waals surface area contributed by atoms with E-state index in [9.17, 15) is 4.79 Å². The van der Waals surface area contributed by atoms with Crippen LogP contribution in [0.5, 0.6) is 0 Å². The monoisotopic (exact) mass is 267 g/mol. The largest absolute Gasteiger partial charge is 0.468 e. The third-order valence-corrected chi connectivity index (χ3v) is 4.26. The number of esters is 1. The first-order valence-electron chi connectivity index (χ1n) is 6.63. The average Bonchev–Trinajstić information content (AvgIpc) is 3.17. The van der Waals surface area contributed by atoms with Crippen molar-refractivity contribution in [2.75, 3.05) is 7.11 Å². The highest BCUT2D eigenvalue weighted by molar-refractivity contribution is 5.90. The molecule has 102 valence electrons. The highest BCUT2D eigenvalue weighted by atomic mass is 16.5. The van der Waals surface area contributed by atoms with Crippen molar-refractivity contribution in [3.8, 4) is 0 Å². The second-order valence-corrected chi connectivity index (χ2v) is 5.28. The molecule has 0 spiro atoms. The van der Waals surface area contributed by atoms with Crippen molar-refractivity contribution >= 4 is 5.97 Å². The van der Waals surface area contributed by atoms with Crippen LogP contribution in [-0.2, 0) is 14.9 Å². The Balaban J connectivity index is 2.15. The zero-order valence-corrected chi connectivity index (χ0v) is 11.4. The topological polar surface area (TPSA) is 52.3 Å². The highest BCUT2D eigenvalue weighted by Crippen LogP contribution is 2.60. The second kappa shape index (κ2) is 4.46. The van der Waals surface area contributed by atoms with Crippen molar-refractivity contribution in [1.82, 2.24) is 0 Å². The van der Waals surface area contributed by atoms with Gasteiger partial charge >= 0.3 is 5.97 Å². The molecular weight excluding hydrogens is 250 g/mol. The van der Waals surface area contributed by atoms with E-state index in [-0.39, 0.29) is 5.97 Å². The molecule has 0 aliphatic heterocycles. The van der Waals surface area contributed by atoms with Gasteiger partial charge in [0, 0.05) is 0 Å². The van der Waals surface area contributed by atoms with Crippen LogP contribution in [0.2, 0.25) is 0 Å². The maximum Gasteiger partial charge on any atom is 0.327 e. The van der Waals surface area contributed by atoms with Gasteiger partial charge in [-0.25, -0.2) is 0 Å². The number of hydrogen-bond acceptors (Lipinski definition) is 3. The van der Waals surface area contributed by atoms with E-state index in [2.05, 4.69) is 0 Å². The summed E-state index contributed by atoms with van der Waals surface area (Å²) in [6.45, 7) is 0. The lowest BCUT2D eigenvalue weighted by Gasteiger charge is -2.22. The molecule has 3 rings (SSSR count). The normalized spacial score (nSPS) is 23.1. The Morgan fingerprint density at radius 3 is 1.85 bits per heavy atom. The molecule has 0 saturated heterocycles. The van der Waals surface area contributed by atoms with Gasteiger partial charge in [-0.3, -0.25) is 4.79 Å². The van der Waals surface area contributed by atoms with Crippen LogP contribution < -0.4 is 5.73 Å². The molecule has 2 aromatic carbocycles. The first-order valence-corrected chi connectivity index (χ1v) is 6.63. The number of carbonyl (C=O) groups excluding carboxylic acids is 1. The summed E-state index contributed by atoms with van der Waals surface area (Å²) < 4.78 is 4.91. The molecule has 1 atom stereocenters. The molecule has 0 radical (unpaired) electrons. The molecule has 1 saturated carbocycles. The van der Waals surface area contributed by atoms with Gasteiger partial charge < -0.3 is 10.5 Å². The van der Waals surface area contributed by atoms with E-state index < -0.39 is 11.0 Å². The van der Waals surface area contributed by atoms with E-state index >= 15 is 0 Å². The Morgan fingerprint density at radius 2 is 1.45 bits per heavy atom. The van der Waals surface area contributed by atoms with Crippen molar-refractivity contribution in [1.29, 1.82) is 0 Å². The smallest absolute Gasteiger partial charge is 0.327 e. The van der Waals surface area contributed by atoms with Crippen LogP contribution in [0.3, 0.4) is 0 Å². The molecule has 0 aromatic heterocycles. The number of hydrogen-bond donors (Lipinski definition) is 1. The zero-order valence-electron chi connectivity index (χ0n) is 11.4. The summed E-state index contributed by atoms with van der Waals surface area (Å²) in [6.07, 6.45) is 0.570. The number of rotatable bonds is 3.